The Morgan fingerprint density at radius 3 is 2.21 bits per heavy atom. The SMILES string of the molecule is CC1=C(C)C(C2CCN(C(=O)CC3CCN(C(N)=O)CC3)CC2)c2c(Br)cc(Cl)cc2CC1C.N=CCCl. The van der Waals surface area contributed by atoms with Gasteiger partial charge in [0.25, 0.3) is 0 Å². The fraction of sp³-hybridized carbons (Fsp3) is 0.621. The zero-order valence-electron chi connectivity index (χ0n) is 22.7. The normalized spacial score (nSPS) is 22.8. The molecule has 1 aliphatic carbocycles. The van der Waals surface area contributed by atoms with Crippen molar-refractivity contribution < 1.29 is 9.59 Å². The van der Waals surface area contributed by atoms with Gasteiger partial charge in [-0.15, -0.1) is 11.6 Å². The number of urea groups is 1. The van der Waals surface area contributed by atoms with Crippen LogP contribution in [0.3, 0.4) is 0 Å². The molecule has 3 amide bonds. The molecule has 9 heteroatoms. The predicted molar refractivity (Wildman–Crippen MR) is 160 cm³/mol. The standard InChI is InChI=1S/C27H37BrClN3O2.C2H4ClN/c1-16-12-21-14-22(29)15-23(28)26(21)25(18(3)17(16)2)20-6-10-31(11-7-20)24(33)13-19-4-8-32(9-5-19)27(30)34;3-1-2-4/h14-16,19-20,25H,4-13H2,1-3H3,(H2,30,34);2,4H,1H2. The van der Waals surface area contributed by atoms with E-state index in [-0.39, 0.29) is 11.9 Å². The fourth-order valence-corrected chi connectivity index (χ4v) is 7.41. The first kappa shape index (κ1) is 31.0. The van der Waals surface area contributed by atoms with Crippen LogP contribution in [0.2, 0.25) is 5.02 Å². The summed E-state index contributed by atoms with van der Waals surface area (Å²) in [6.45, 7) is 9.89. The molecule has 2 atom stereocenters. The first-order valence-corrected chi connectivity index (χ1v) is 15.3. The van der Waals surface area contributed by atoms with Crippen LogP contribution in [0.25, 0.3) is 0 Å². The highest BCUT2D eigenvalue weighted by Gasteiger charge is 2.36. The van der Waals surface area contributed by atoms with Gasteiger partial charge in [0.15, 0.2) is 0 Å². The third-order valence-electron chi connectivity index (χ3n) is 8.68. The van der Waals surface area contributed by atoms with Crippen LogP contribution in [0.15, 0.2) is 27.8 Å². The van der Waals surface area contributed by atoms with Gasteiger partial charge in [0, 0.05) is 54.2 Å². The van der Waals surface area contributed by atoms with Gasteiger partial charge >= 0.3 is 6.03 Å². The van der Waals surface area contributed by atoms with Gasteiger partial charge in [-0.2, -0.15) is 0 Å². The summed E-state index contributed by atoms with van der Waals surface area (Å²) in [6, 6.07) is 3.84. The Hall–Kier alpha value is -1.57. The molecular formula is C29H41BrCl2N4O2. The second-order valence-corrected chi connectivity index (χ2v) is 12.6. The number of benzene rings is 1. The van der Waals surface area contributed by atoms with E-state index in [9.17, 15) is 9.59 Å². The summed E-state index contributed by atoms with van der Waals surface area (Å²) < 4.78 is 1.11. The Morgan fingerprint density at radius 2 is 1.66 bits per heavy atom. The number of carbonyl (C=O) groups is 2. The van der Waals surface area contributed by atoms with Crippen LogP contribution < -0.4 is 5.73 Å². The number of nitrogens with zero attached hydrogens (tertiary/aromatic N) is 2. The van der Waals surface area contributed by atoms with Crippen LogP contribution in [-0.2, 0) is 11.2 Å². The average molecular weight is 628 g/mol. The molecule has 2 fully saturated rings. The monoisotopic (exact) mass is 626 g/mol. The molecule has 210 valence electrons. The number of hydrogen-bond acceptors (Lipinski definition) is 3. The van der Waals surface area contributed by atoms with Crippen molar-refractivity contribution in [3.05, 3.63) is 43.9 Å². The van der Waals surface area contributed by atoms with Gasteiger partial charge < -0.3 is 20.9 Å². The maximum Gasteiger partial charge on any atom is 0.314 e. The van der Waals surface area contributed by atoms with Crippen molar-refractivity contribution in [1.82, 2.24) is 9.80 Å². The van der Waals surface area contributed by atoms with Crippen LogP contribution in [0, 0.1) is 23.2 Å². The minimum atomic E-state index is -0.352. The highest BCUT2D eigenvalue weighted by molar-refractivity contribution is 9.10. The second kappa shape index (κ2) is 14.2. The maximum absolute atomic E-state index is 13.1. The number of nitrogens with one attached hydrogen (secondary N) is 1. The number of rotatable bonds is 4. The fourth-order valence-electron chi connectivity index (χ4n) is 6.29. The molecule has 0 saturated carbocycles. The summed E-state index contributed by atoms with van der Waals surface area (Å²) in [6.07, 6.45) is 6.50. The number of alkyl halides is 1. The molecule has 0 radical (unpaired) electrons. The van der Waals surface area contributed by atoms with Gasteiger partial charge in [-0.3, -0.25) is 4.79 Å². The molecular weight excluding hydrogens is 587 g/mol. The lowest BCUT2D eigenvalue weighted by Gasteiger charge is -2.38. The Bertz CT molecular complexity index is 1050. The van der Waals surface area contributed by atoms with E-state index in [2.05, 4.69) is 47.7 Å². The van der Waals surface area contributed by atoms with Gasteiger partial charge in [0.1, 0.15) is 0 Å². The first-order chi connectivity index (χ1) is 18.1. The molecule has 0 spiro atoms. The summed E-state index contributed by atoms with van der Waals surface area (Å²) in [7, 11) is 0. The lowest BCUT2D eigenvalue weighted by molar-refractivity contribution is -0.134. The molecule has 1 aromatic rings. The minimum Gasteiger partial charge on any atom is -0.351 e. The minimum absolute atomic E-state index is 0.266. The number of allylic oxidation sites excluding steroid dienone is 2. The van der Waals surface area contributed by atoms with Crippen molar-refractivity contribution in [3.8, 4) is 0 Å². The van der Waals surface area contributed by atoms with Crippen LogP contribution in [0.4, 0.5) is 4.79 Å². The van der Waals surface area contributed by atoms with E-state index in [1.54, 1.807) is 4.90 Å². The van der Waals surface area contributed by atoms with Crippen LogP contribution in [-0.4, -0.2) is 60.0 Å². The highest BCUT2D eigenvalue weighted by Crippen LogP contribution is 2.47. The second-order valence-electron chi connectivity index (χ2n) is 11.0. The number of likely N-dealkylation sites (tertiary alicyclic amines) is 2. The van der Waals surface area contributed by atoms with E-state index in [4.69, 9.17) is 34.3 Å². The van der Waals surface area contributed by atoms with Crippen molar-refractivity contribution in [2.75, 3.05) is 32.1 Å². The van der Waals surface area contributed by atoms with Crippen molar-refractivity contribution in [2.45, 2.75) is 65.2 Å². The third kappa shape index (κ3) is 7.54. The number of fused-ring (bicyclic) bond motifs is 1. The number of primary amides is 1. The topological polar surface area (TPSA) is 90.5 Å². The van der Waals surface area contributed by atoms with Gasteiger partial charge in [0.05, 0.1) is 5.88 Å². The Labute approximate surface area is 245 Å². The van der Waals surface area contributed by atoms with Gasteiger partial charge in [-0.1, -0.05) is 45.6 Å². The molecule has 1 aromatic carbocycles. The van der Waals surface area contributed by atoms with Gasteiger partial charge in [-0.25, -0.2) is 4.79 Å². The third-order valence-corrected chi connectivity index (χ3v) is 9.70. The highest BCUT2D eigenvalue weighted by atomic mass is 79.9. The van der Waals surface area contributed by atoms with E-state index in [0.29, 0.717) is 49.1 Å². The number of halogens is 3. The van der Waals surface area contributed by atoms with E-state index in [0.717, 1.165) is 60.9 Å². The molecule has 4 rings (SSSR count). The van der Waals surface area contributed by atoms with Crippen LogP contribution >= 0.6 is 39.1 Å². The molecule has 0 bridgehead atoms. The quantitative estimate of drug-likeness (QED) is 0.214. The average Bonchev–Trinajstić information content (AvgIpc) is 2.99. The Kier molecular flexibility index (Phi) is 11.6. The van der Waals surface area contributed by atoms with E-state index >= 15 is 0 Å². The zero-order chi connectivity index (χ0) is 28.0. The number of piperidine rings is 2. The van der Waals surface area contributed by atoms with Crippen LogP contribution in [0.5, 0.6) is 0 Å². The molecule has 3 aliphatic rings. The van der Waals surface area contributed by atoms with Gasteiger partial charge in [0.2, 0.25) is 5.91 Å². The molecule has 2 heterocycles. The van der Waals surface area contributed by atoms with E-state index in [1.165, 1.54) is 22.3 Å². The Balaban J connectivity index is 0.000000934. The summed E-state index contributed by atoms with van der Waals surface area (Å²) >= 11 is 15.2. The van der Waals surface area contributed by atoms with Crippen molar-refractivity contribution in [1.29, 1.82) is 5.41 Å². The van der Waals surface area contributed by atoms with E-state index < -0.39 is 0 Å². The van der Waals surface area contributed by atoms with Crippen molar-refractivity contribution in [2.24, 2.45) is 23.5 Å². The lowest BCUT2D eigenvalue weighted by Crippen LogP contribution is -2.44. The van der Waals surface area contributed by atoms with Crippen molar-refractivity contribution >= 4 is 57.3 Å². The number of amides is 3. The number of carbonyl (C=O) groups excluding carboxylic acids is 2. The largest absolute Gasteiger partial charge is 0.351 e. The summed E-state index contributed by atoms with van der Waals surface area (Å²) in [5, 5.41) is 6.98. The molecule has 2 unspecified atom stereocenters. The smallest absolute Gasteiger partial charge is 0.314 e. The molecule has 6 nitrogen and oxygen atoms in total. The zero-order valence-corrected chi connectivity index (χ0v) is 25.8. The van der Waals surface area contributed by atoms with Crippen molar-refractivity contribution in [3.63, 3.8) is 0 Å². The summed E-state index contributed by atoms with van der Waals surface area (Å²) in [4.78, 5) is 28.2. The first-order valence-electron chi connectivity index (χ1n) is 13.6. The van der Waals surface area contributed by atoms with Crippen LogP contribution in [0.1, 0.15) is 69.9 Å². The molecule has 2 aliphatic heterocycles. The molecule has 3 N–H and O–H groups in total. The van der Waals surface area contributed by atoms with Gasteiger partial charge in [-0.05, 0) is 87.0 Å². The number of nitrogens with two attached hydrogens (primary N) is 1. The Morgan fingerprint density at radius 1 is 1.08 bits per heavy atom. The number of hydrogen-bond donors (Lipinski definition) is 2. The molecule has 0 aromatic heterocycles. The maximum atomic E-state index is 13.1. The molecule has 38 heavy (non-hydrogen) atoms. The lowest BCUT2D eigenvalue weighted by atomic mass is 9.74. The summed E-state index contributed by atoms with van der Waals surface area (Å²) in [5.74, 6) is 2.32. The van der Waals surface area contributed by atoms with E-state index in [1.807, 2.05) is 6.07 Å². The predicted octanol–water partition coefficient (Wildman–Crippen LogP) is 7.01. The summed E-state index contributed by atoms with van der Waals surface area (Å²) in [5.41, 5.74) is 11.1. The molecule has 2 saturated heterocycles.